The van der Waals surface area contributed by atoms with Crippen LogP contribution in [0.5, 0.6) is 0 Å². The summed E-state index contributed by atoms with van der Waals surface area (Å²) in [5.74, 6) is -0.472. The Hall–Kier alpha value is -0.940. The molecule has 5 nitrogen and oxygen atoms in total. The number of amides is 2. The zero-order valence-corrected chi connectivity index (χ0v) is 8.13. The van der Waals surface area contributed by atoms with Crippen LogP contribution < -0.4 is 10.6 Å². The molecule has 2 amide bonds. The lowest BCUT2D eigenvalue weighted by molar-refractivity contribution is -0.140. The van der Waals surface area contributed by atoms with E-state index in [-0.39, 0.29) is 17.9 Å². The van der Waals surface area contributed by atoms with Gasteiger partial charge < -0.3 is 4.74 Å². The molecule has 0 radical (unpaired) electrons. The second-order valence-corrected chi connectivity index (χ2v) is 3.81. The molecule has 1 spiro atoms. The number of rotatable bonds is 1. The van der Waals surface area contributed by atoms with E-state index in [2.05, 4.69) is 10.6 Å². The number of hydrogen-bond donors (Lipinski definition) is 2. The first-order chi connectivity index (χ1) is 6.68. The summed E-state index contributed by atoms with van der Waals surface area (Å²) in [4.78, 5) is 23.0. The number of piperazine rings is 1. The van der Waals surface area contributed by atoms with Crippen LogP contribution in [-0.4, -0.2) is 36.6 Å². The maximum atomic E-state index is 11.6. The van der Waals surface area contributed by atoms with E-state index in [1.165, 1.54) is 0 Å². The predicted octanol–water partition coefficient (Wildman–Crippen LogP) is -0.830. The Morgan fingerprint density at radius 3 is 2.93 bits per heavy atom. The second-order valence-electron chi connectivity index (χ2n) is 3.81. The third kappa shape index (κ3) is 1.33. The molecule has 2 saturated heterocycles. The molecule has 0 aromatic heterocycles. The van der Waals surface area contributed by atoms with Gasteiger partial charge in [0.15, 0.2) is 0 Å². The minimum Gasteiger partial charge on any atom is -0.379 e. The van der Waals surface area contributed by atoms with Gasteiger partial charge in [0.1, 0.15) is 5.54 Å². The van der Waals surface area contributed by atoms with Gasteiger partial charge in [0.25, 0.3) is 0 Å². The first kappa shape index (κ1) is 9.61. The SMILES string of the molecule is CCC1NC2(CCOC2)C(=O)NC1=O. The average Bonchev–Trinajstić information content (AvgIpc) is 2.61. The molecule has 0 saturated carbocycles. The number of nitrogens with one attached hydrogen (secondary N) is 2. The summed E-state index contributed by atoms with van der Waals surface area (Å²) in [6.07, 6.45) is 1.32. The Balaban J connectivity index is 2.18. The third-order valence-electron chi connectivity index (χ3n) is 2.87. The molecule has 14 heavy (non-hydrogen) atoms. The van der Waals surface area contributed by atoms with Gasteiger partial charge in [-0.2, -0.15) is 0 Å². The minimum atomic E-state index is -0.658. The molecular weight excluding hydrogens is 184 g/mol. The molecule has 78 valence electrons. The molecule has 0 aromatic rings. The van der Waals surface area contributed by atoms with Gasteiger partial charge in [-0.15, -0.1) is 0 Å². The van der Waals surface area contributed by atoms with Gasteiger partial charge in [-0.05, 0) is 6.42 Å². The molecule has 2 heterocycles. The van der Waals surface area contributed by atoms with Crippen molar-refractivity contribution in [1.29, 1.82) is 0 Å². The van der Waals surface area contributed by atoms with E-state index in [0.717, 1.165) is 0 Å². The van der Waals surface area contributed by atoms with Crippen molar-refractivity contribution in [2.75, 3.05) is 13.2 Å². The van der Waals surface area contributed by atoms with Crippen LogP contribution in [0.1, 0.15) is 19.8 Å². The summed E-state index contributed by atoms with van der Waals surface area (Å²) in [7, 11) is 0. The topological polar surface area (TPSA) is 67.4 Å². The van der Waals surface area contributed by atoms with Gasteiger partial charge in [-0.1, -0.05) is 6.92 Å². The lowest BCUT2D eigenvalue weighted by Gasteiger charge is -2.35. The van der Waals surface area contributed by atoms with Crippen molar-refractivity contribution >= 4 is 11.8 Å². The summed E-state index contributed by atoms with van der Waals surface area (Å²) < 4.78 is 5.20. The lowest BCUT2D eigenvalue weighted by Crippen LogP contribution is -2.69. The fourth-order valence-electron chi connectivity index (χ4n) is 1.93. The Morgan fingerprint density at radius 1 is 1.57 bits per heavy atom. The van der Waals surface area contributed by atoms with Crippen LogP contribution >= 0.6 is 0 Å². The van der Waals surface area contributed by atoms with Crippen molar-refractivity contribution in [3.05, 3.63) is 0 Å². The highest BCUT2D eigenvalue weighted by atomic mass is 16.5. The summed E-state index contributed by atoms with van der Waals surface area (Å²) in [6.45, 7) is 2.85. The van der Waals surface area contributed by atoms with E-state index in [4.69, 9.17) is 4.74 Å². The van der Waals surface area contributed by atoms with Crippen molar-refractivity contribution < 1.29 is 14.3 Å². The van der Waals surface area contributed by atoms with E-state index in [9.17, 15) is 9.59 Å². The normalized spacial score (nSPS) is 37.6. The van der Waals surface area contributed by atoms with Gasteiger partial charge in [0, 0.05) is 13.0 Å². The van der Waals surface area contributed by atoms with Crippen molar-refractivity contribution in [2.45, 2.75) is 31.3 Å². The van der Waals surface area contributed by atoms with Crippen LogP contribution in [0.15, 0.2) is 0 Å². The van der Waals surface area contributed by atoms with Crippen molar-refractivity contribution in [3.63, 3.8) is 0 Å². The van der Waals surface area contributed by atoms with Crippen molar-refractivity contribution in [3.8, 4) is 0 Å². The van der Waals surface area contributed by atoms with Gasteiger partial charge >= 0.3 is 0 Å². The molecule has 2 atom stereocenters. The molecule has 0 bridgehead atoms. The van der Waals surface area contributed by atoms with E-state index in [1.54, 1.807) is 0 Å². The first-order valence-corrected chi connectivity index (χ1v) is 4.89. The molecule has 2 aliphatic heterocycles. The summed E-state index contributed by atoms with van der Waals surface area (Å²) in [5.41, 5.74) is -0.658. The highest BCUT2D eigenvalue weighted by molar-refractivity contribution is 6.05. The molecule has 0 aromatic carbocycles. The molecule has 2 unspecified atom stereocenters. The Labute approximate surface area is 82.2 Å². The van der Waals surface area contributed by atoms with Crippen LogP contribution in [0.2, 0.25) is 0 Å². The Bertz CT molecular complexity index is 271. The standard InChI is InChI=1S/C9H14N2O3/c1-2-6-7(12)10-8(13)9(11-6)3-4-14-5-9/h6,11H,2-5H2,1H3,(H,10,12,13). The Morgan fingerprint density at radius 2 is 2.36 bits per heavy atom. The second kappa shape index (κ2) is 3.33. The lowest BCUT2D eigenvalue weighted by atomic mass is 9.92. The summed E-state index contributed by atoms with van der Waals surface area (Å²) in [5, 5.41) is 5.48. The number of carbonyl (C=O) groups is 2. The average molecular weight is 198 g/mol. The summed E-state index contributed by atoms with van der Waals surface area (Å²) >= 11 is 0. The number of hydrogen-bond acceptors (Lipinski definition) is 4. The fraction of sp³-hybridized carbons (Fsp3) is 0.778. The zero-order chi connectivity index (χ0) is 10.2. The number of imide groups is 1. The molecule has 5 heteroatoms. The summed E-state index contributed by atoms with van der Waals surface area (Å²) in [6, 6.07) is -0.269. The quantitative estimate of drug-likeness (QED) is 0.540. The van der Waals surface area contributed by atoms with Crippen LogP contribution in [0.25, 0.3) is 0 Å². The van der Waals surface area contributed by atoms with Gasteiger partial charge in [-0.25, -0.2) is 0 Å². The van der Waals surface area contributed by atoms with Gasteiger partial charge in [-0.3, -0.25) is 20.2 Å². The molecule has 0 aliphatic carbocycles. The first-order valence-electron chi connectivity index (χ1n) is 4.89. The molecular formula is C9H14N2O3. The zero-order valence-electron chi connectivity index (χ0n) is 8.13. The number of carbonyl (C=O) groups excluding carboxylic acids is 2. The third-order valence-corrected chi connectivity index (χ3v) is 2.87. The number of ether oxygens (including phenoxy) is 1. The highest BCUT2D eigenvalue weighted by Crippen LogP contribution is 2.22. The fourth-order valence-corrected chi connectivity index (χ4v) is 1.93. The largest absolute Gasteiger partial charge is 0.379 e. The van der Waals surface area contributed by atoms with Gasteiger partial charge in [0.2, 0.25) is 11.8 Å². The maximum absolute atomic E-state index is 11.6. The van der Waals surface area contributed by atoms with Crippen molar-refractivity contribution in [1.82, 2.24) is 10.6 Å². The maximum Gasteiger partial charge on any atom is 0.249 e. The molecule has 2 rings (SSSR count). The molecule has 2 N–H and O–H groups in total. The molecule has 2 aliphatic rings. The van der Waals surface area contributed by atoms with E-state index in [0.29, 0.717) is 26.1 Å². The Kier molecular flexibility index (Phi) is 2.28. The van der Waals surface area contributed by atoms with E-state index < -0.39 is 5.54 Å². The van der Waals surface area contributed by atoms with E-state index in [1.807, 2.05) is 6.92 Å². The predicted molar refractivity (Wildman–Crippen MR) is 48.5 cm³/mol. The van der Waals surface area contributed by atoms with Crippen LogP contribution in [0.4, 0.5) is 0 Å². The monoisotopic (exact) mass is 198 g/mol. The molecule has 2 fully saturated rings. The van der Waals surface area contributed by atoms with E-state index >= 15 is 0 Å². The van der Waals surface area contributed by atoms with Crippen LogP contribution in [0.3, 0.4) is 0 Å². The van der Waals surface area contributed by atoms with Crippen LogP contribution in [-0.2, 0) is 14.3 Å². The highest BCUT2D eigenvalue weighted by Gasteiger charge is 2.48. The van der Waals surface area contributed by atoms with Crippen LogP contribution in [0, 0.1) is 0 Å². The van der Waals surface area contributed by atoms with Crippen molar-refractivity contribution in [2.24, 2.45) is 0 Å². The minimum absolute atomic E-state index is 0.227. The van der Waals surface area contributed by atoms with Gasteiger partial charge in [0.05, 0.1) is 12.6 Å². The smallest absolute Gasteiger partial charge is 0.249 e.